The summed E-state index contributed by atoms with van der Waals surface area (Å²) >= 11 is 0. The zero-order valence-electron chi connectivity index (χ0n) is 14.0. The Hall–Kier alpha value is -2.91. The fourth-order valence-corrected chi connectivity index (χ4v) is 3.21. The van der Waals surface area contributed by atoms with Crippen molar-refractivity contribution in [3.63, 3.8) is 0 Å². The minimum atomic E-state index is -3.74. The third kappa shape index (κ3) is 5.05. The molecule has 0 aliphatic carbocycles. The van der Waals surface area contributed by atoms with Crippen molar-refractivity contribution in [1.82, 2.24) is 14.9 Å². The molecule has 0 saturated heterocycles. The number of halogens is 2. The Kier molecular flexibility index (Phi) is 5.72. The highest BCUT2D eigenvalue weighted by atomic mass is 32.2. The highest BCUT2D eigenvalue weighted by Crippen LogP contribution is 2.18. The van der Waals surface area contributed by atoms with Crippen LogP contribution in [0.25, 0.3) is 11.3 Å². The molecule has 0 radical (unpaired) electrons. The van der Waals surface area contributed by atoms with Gasteiger partial charge in [-0.2, -0.15) is 0 Å². The summed E-state index contributed by atoms with van der Waals surface area (Å²) in [5, 5.41) is 7.88. The van der Waals surface area contributed by atoms with E-state index in [1.165, 1.54) is 24.3 Å². The molecule has 0 aliphatic heterocycles. The second-order valence-corrected chi connectivity index (χ2v) is 7.23. The minimum absolute atomic E-state index is 0.00109. The molecule has 2 aromatic carbocycles. The lowest BCUT2D eigenvalue weighted by Crippen LogP contribution is -2.28. The molecule has 140 valence electrons. The monoisotopic (exact) mass is 391 g/mol. The Morgan fingerprint density at radius 3 is 2.07 bits per heavy atom. The summed E-state index contributed by atoms with van der Waals surface area (Å²) in [6.45, 7) is 0.0338. The van der Waals surface area contributed by atoms with E-state index in [0.29, 0.717) is 11.3 Å². The Balaban J connectivity index is 1.52. The van der Waals surface area contributed by atoms with Gasteiger partial charge in [0.15, 0.2) is 0 Å². The SMILES string of the molecule is O=S(=O)(NCCOc1ccc(-c2ccc(F)cc2)nn1)c1ccc(F)cc1. The number of nitrogens with one attached hydrogen (secondary N) is 1. The molecule has 3 rings (SSSR count). The second-order valence-electron chi connectivity index (χ2n) is 5.46. The topological polar surface area (TPSA) is 81.2 Å². The molecule has 0 bridgehead atoms. The highest BCUT2D eigenvalue weighted by molar-refractivity contribution is 7.89. The van der Waals surface area contributed by atoms with Crippen LogP contribution in [0.4, 0.5) is 8.78 Å². The Morgan fingerprint density at radius 2 is 1.48 bits per heavy atom. The molecule has 0 spiro atoms. The Labute approximate surface area is 154 Å². The van der Waals surface area contributed by atoms with E-state index in [1.54, 1.807) is 24.3 Å². The summed E-state index contributed by atoms with van der Waals surface area (Å²) < 4.78 is 57.6. The van der Waals surface area contributed by atoms with E-state index >= 15 is 0 Å². The number of nitrogens with zero attached hydrogens (tertiary/aromatic N) is 2. The zero-order valence-corrected chi connectivity index (χ0v) is 14.8. The molecule has 0 amide bonds. The molecule has 0 fully saturated rings. The minimum Gasteiger partial charge on any atom is -0.475 e. The molecule has 0 aliphatic rings. The quantitative estimate of drug-likeness (QED) is 0.627. The van der Waals surface area contributed by atoms with E-state index in [1.807, 2.05) is 0 Å². The van der Waals surface area contributed by atoms with Crippen LogP contribution in [-0.2, 0) is 10.0 Å². The van der Waals surface area contributed by atoms with Crippen LogP contribution in [0.5, 0.6) is 5.88 Å². The lowest BCUT2D eigenvalue weighted by Gasteiger charge is -2.08. The molecule has 27 heavy (non-hydrogen) atoms. The predicted octanol–water partition coefficient (Wildman–Crippen LogP) is 2.78. The van der Waals surface area contributed by atoms with Gasteiger partial charge in [0.1, 0.15) is 18.2 Å². The summed E-state index contributed by atoms with van der Waals surface area (Å²) in [5.74, 6) is -0.628. The van der Waals surface area contributed by atoms with Crippen molar-refractivity contribution in [2.45, 2.75) is 4.90 Å². The molecule has 0 atom stereocenters. The van der Waals surface area contributed by atoms with E-state index in [9.17, 15) is 17.2 Å². The van der Waals surface area contributed by atoms with Gasteiger partial charge in [-0.05, 0) is 54.6 Å². The molecular formula is C18H15F2N3O3S. The van der Waals surface area contributed by atoms with Crippen molar-refractivity contribution in [2.75, 3.05) is 13.2 Å². The number of hydrogen-bond donors (Lipinski definition) is 1. The van der Waals surface area contributed by atoms with Crippen LogP contribution in [0, 0.1) is 11.6 Å². The van der Waals surface area contributed by atoms with E-state index in [-0.39, 0.29) is 29.7 Å². The third-order valence-corrected chi connectivity index (χ3v) is 5.03. The molecular weight excluding hydrogens is 376 g/mol. The van der Waals surface area contributed by atoms with Gasteiger partial charge >= 0.3 is 0 Å². The standard InChI is InChI=1S/C18H15F2N3O3S/c19-14-3-1-13(2-4-14)17-9-10-18(23-22-17)26-12-11-21-27(24,25)16-7-5-15(20)6-8-16/h1-10,21H,11-12H2. The van der Waals surface area contributed by atoms with Gasteiger partial charge in [-0.3, -0.25) is 0 Å². The first kappa shape index (κ1) is 18.9. The Morgan fingerprint density at radius 1 is 0.852 bits per heavy atom. The smallest absolute Gasteiger partial charge is 0.240 e. The van der Waals surface area contributed by atoms with Crippen LogP contribution in [0.1, 0.15) is 0 Å². The van der Waals surface area contributed by atoms with Gasteiger partial charge in [-0.15, -0.1) is 10.2 Å². The number of sulfonamides is 1. The average Bonchev–Trinajstić information content (AvgIpc) is 2.67. The molecule has 1 N–H and O–H groups in total. The van der Waals surface area contributed by atoms with Crippen molar-refractivity contribution >= 4 is 10.0 Å². The molecule has 3 aromatic rings. The maximum Gasteiger partial charge on any atom is 0.240 e. The van der Waals surface area contributed by atoms with Gasteiger partial charge in [0.25, 0.3) is 0 Å². The molecule has 0 unspecified atom stereocenters. The summed E-state index contributed by atoms with van der Waals surface area (Å²) in [4.78, 5) is -0.0349. The average molecular weight is 391 g/mol. The van der Waals surface area contributed by atoms with Crippen molar-refractivity contribution in [3.8, 4) is 17.1 Å². The predicted molar refractivity (Wildman–Crippen MR) is 94.5 cm³/mol. The number of aromatic nitrogens is 2. The van der Waals surface area contributed by atoms with Crippen molar-refractivity contribution in [1.29, 1.82) is 0 Å². The van der Waals surface area contributed by atoms with E-state index in [0.717, 1.165) is 12.1 Å². The van der Waals surface area contributed by atoms with E-state index < -0.39 is 15.8 Å². The number of benzene rings is 2. The van der Waals surface area contributed by atoms with Gasteiger partial charge in [0.05, 0.1) is 10.6 Å². The van der Waals surface area contributed by atoms with Crippen molar-refractivity contribution in [3.05, 3.63) is 72.3 Å². The lowest BCUT2D eigenvalue weighted by molar-refractivity contribution is 0.307. The van der Waals surface area contributed by atoms with Crippen LogP contribution in [-0.4, -0.2) is 31.8 Å². The molecule has 9 heteroatoms. The molecule has 1 aromatic heterocycles. The fraction of sp³-hybridized carbons (Fsp3) is 0.111. The summed E-state index contributed by atoms with van der Waals surface area (Å²) in [5.41, 5.74) is 1.27. The van der Waals surface area contributed by atoms with Crippen molar-refractivity contribution < 1.29 is 21.9 Å². The van der Waals surface area contributed by atoms with Crippen LogP contribution >= 0.6 is 0 Å². The van der Waals surface area contributed by atoms with Crippen LogP contribution in [0.3, 0.4) is 0 Å². The first-order chi connectivity index (χ1) is 12.9. The summed E-state index contributed by atoms with van der Waals surface area (Å²) in [7, 11) is -3.74. The Bertz CT molecular complexity index is 994. The normalized spacial score (nSPS) is 11.3. The summed E-state index contributed by atoms with van der Waals surface area (Å²) in [6.07, 6.45) is 0. The highest BCUT2D eigenvalue weighted by Gasteiger charge is 2.13. The molecule has 6 nitrogen and oxygen atoms in total. The van der Waals surface area contributed by atoms with E-state index in [4.69, 9.17) is 4.74 Å². The van der Waals surface area contributed by atoms with Crippen LogP contribution < -0.4 is 9.46 Å². The number of hydrogen-bond acceptors (Lipinski definition) is 5. The molecule has 1 heterocycles. The van der Waals surface area contributed by atoms with Gasteiger partial charge in [0.2, 0.25) is 15.9 Å². The zero-order chi connectivity index (χ0) is 19.3. The largest absolute Gasteiger partial charge is 0.475 e. The maximum atomic E-state index is 12.9. The van der Waals surface area contributed by atoms with Gasteiger partial charge < -0.3 is 4.74 Å². The first-order valence-corrected chi connectivity index (χ1v) is 9.40. The maximum absolute atomic E-state index is 12.9. The number of ether oxygens (including phenoxy) is 1. The van der Waals surface area contributed by atoms with Crippen molar-refractivity contribution in [2.24, 2.45) is 0 Å². The van der Waals surface area contributed by atoms with Gasteiger partial charge in [-0.25, -0.2) is 21.9 Å². The molecule has 0 saturated carbocycles. The fourth-order valence-electron chi connectivity index (χ4n) is 2.20. The van der Waals surface area contributed by atoms with E-state index in [2.05, 4.69) is 14.9 Å². The number of rotatable bonds is 7. The third-order valence-electron chi connectivity index (χ3n) is 3.55. The lowest BCUT2D eigenvalue weighted by atomic mass is 10.1. The van der Waals surface area contributed by atoms with Crippen LogP contribution in [0.15, 0.2) is 65.6 Å². The first-order valence-electron chi connectivity index (χ1n) is 7.92. The van der Waals surface area contributed by atoms with Crippen LogP contribution in [0.2, 0.25) is 0 Å². The van der Waals surface area contributed by atoms with Gasteiger partial charge in [0, 0.05) is 18.2 Å². The summed E-state index contributed by atoms with van der Waals surface area (Å²) in [6, 6.07) is 13.6. The van der Waals surface area contributed by atoms with Gasteiger partial charge in [-0.1, -0.05) is 0 Å². The second kappa shape index (κ2) is 8.19.